The van der Waals surface area contributed by atoms with Gasteiger partial charge in [0.1, 0.15) is 0 Å². The van der Waals surface area contributed by atoms with Gasteiger partial charge in [0, 0.05) is 13.1 Å². The summed E-state index contributed by atoms with van der Waals surface area (Å²) >= 11 is 0. The van der Waals surface area contributed by atoms with Crippen molar-refractivity contribution in [2.75, 3.05) is 20.1 Å². The molecule has 0 saturated carbocycles. The average molecular weight is 228 g/mol. The summed E-state index contributed by atoms with van der Waals surface area (Å²) in [5.74, 6) is 0.281. The molecule has 0 aliphatic carbocycles. The highest BCUT2D eigenvalue weighted by Crippen LogP contribution is 2.20. The number of hydrogen-bond donors (Lipinski definition) is 2. The molecule has 0 aliphatic rings. The Labute approximate surface area is 100 Å². The van der Waals surface area contributed by atoms with Gasteiger partial charge in [0.25, 0.3) is 0 Å². The van der Waals surface area contributed by atoms with Gasteiger partial charge in [-0.1, -0.05) is 34.1 Å². The van der Waals surface area contributed by atoms with Gasteiger partial charge in [0.15, 0.2) is 0 Å². The lowest BCUT2D eigenvalue weighted by atomic mass is 9.88. The molecule has 16 heavy (non-hydrogen) atoms. The monoisotopic (exact) mass is 228 g/mol. The van der Waals surface area contributed by atoms with Gasteiger partial charge in [-0.2, -0.15) is 0 Å². The van der Waals surface area contributed by atoms with Crippen molar-refractivity contribution < 1.29 is 4.79 Å². The lowest BCUT2D eigenvalue weighted by molar-refractivity contribution is -0.125. The topological polar surface area (TPSA) is 41.1 Å². The predicted octanol–water partition coefficient (Wildman–Crippen LogP) is 2.17. The molecule has 0 aromatic carbocycles. The standard InChI is InChI=1S/C13H28N2O/c1-6-8-13(3,4)10-15-12(16)11(7-2)9-14-5/h11,14H,6-10H2,1-5H3,(H,15,16). The molecule has 0 bridgehead atoms. The van der Waals surface area contributed by atoms with Crippen molar-refractivity contribution in [2.45, 2.75) is 47.0 Å². The van der Waals surface area contributed by atoms with Crippen LogP contribution in [-0.2, 0) is 4.79 Å². The molecule has 3 nitrogen and oxygen atoms in total. The van der Waals surface area contributed by atoms with Gasteiger partial charge in [-0.15, -0.1) is 0 Å². The van der Waals surface area contributed by atoms with E-state index in [-0.39, 0.29) is 17.2 Å². The molecule has 1 atom stereocenters. The molecule has 0 fully saturated rings. The zero-order valence-electron chi connectivity index (χ0n) is 11.5. The molecule has 0 rings (SSSR count). The van der Waals surface area contributed by atoms with E-state index in [4.69, 9.17) is 0 Å². The fraction of sp³-hybridized carbons (Fsp3) is 0.923. The van der Waals surface area contributed by atoms with E-state index >= 15 is 0 Å². The SMILES string of the molecule is CCCC(C)(C)CNC(=O)C(CC)CNC. The summed E-state index contributed by atoms with van der Waals surface area (Å²) in [5, 5.41) is 6.13. The number of nitrogens with one attached hydrogen (secondary N) is 2. The van der Waals surface area contributed by atoms with Gasteiger partial charge < -0.3 is 10.6 Å². The lowest BCUT2D eigenvalue weighted by Gasteiger charge is -2.25. The summed E-state index contributed by atoms with van der Waals surface area (Å²) in [7, 11) is 1.89. The first-order chi connectivity index (χ1) is 7.46. The van der Waals surface area contributed by atoms with Crippen LogP contribution in [0.5, 0.6) is 0 Å². The highest BCUT2D eigenvalue weighted by molar-refractivity contribution is 5.78. The molecular formula is C13H28N2O. The molecular weight excluding hydrogens is 200 g/mol. The van der Waals surface area contributed by atoms with Gasteiger partial charge in [-0.05, 0) is 25.3 Å². The van der Waals surface area contributed by atoms with Gasteiger partial charge in [-0.25, -0.2) is 0 Å². The maximum absolute atomic E-state index is 11.9. The van der Waals surface area contributed by atoms with Crippen LogP contribution in [0.1, 0.15) is 47.0 Å². The second-order valence-electron chi connectivity index (χ2n) is 5.29. The Hall–Kier alpha value is -0.570. The van der Waals surface area contributed by atoms with Crippen LogP contribution in [-0.4, -0.2) is 26.0 Å². The van der Waals surface area contributed by atoms with Gasteiger partial charge in [-0.3, -0.25) is 4.79 Å². The molecule has 1 amide bonds. The Morgan fingerprint density at radius 2 is 1.94 bits per heavy atom. The molecule has 96 valence electrons. The smallest absolute Gasteiger partial charge is 0.224 e. The van der Waals surface area contributed by atoms with Crippen molar-refractivity contribution in [2.24, 2.45) is 11.3 Å². The normalized spacial score (nSPS) is 13.6. The quantitative estimate of drug-likeness (QED) is 0.668. The molecule has 0 aromatic rings. The van der Waals surface area contributed by atoms with Crippen molar-refractivity contribution >= 4 is 5.91 Å². The molecule has 2 N–H and O–H groups in total. The van der Waals surface area contributed by atoms with Crippen molar-refractivity contribution in [3.63, 3.8) is 0 Å². The summed E-state index contributed by atoms with van der Waals surface area (Å²) in [5.41, 5.74) is 0.211. The van der Waals surface area contributed by atoms with E-state index in [1.54, 1.807) is 0 Å². The fourth-order valence-electron chi connectivity index (χ4n) is 1.90. The summed E-state index contributed by atoms with van der Waals surface area (Å²) in [6.45, 7) is 10.2. The Morgan fingerprint density at radius 1 is 1.31 bits per heavy atom. The Morgan fingerprint density at radius 3 is 2.38 bits per heavy atom. The molecule has 0 heterocycles. The molecule has 0 saturated heterocycles. The molecule has 0 aromatic heterocycles. The first-order valence-electron chi connectivity index (χ1n) is 6.39. The van der Waals surface area contributed by atoms with E-state index in [1.165, 1.54) is 0 Å². The number of amides is 1. The van der Waals surface area contributed by atoms with Crippen LogP contribution < -0.4 is 10.6 Å². The zero-order valence-corrected chi connectivity index (χ0v) is 11.5. The third-order valence-electron chi connectivity index (χ3n) is 2.98. The number of rotatable bonds is 8. The van der Waals surface area contributed by atoms with Crippen molar-refractivity contribution in [3.05, 3.63) is 0 Å². The molecule has 0 radical (unpaired) electrons. The van der Waals surface area contributed by atoms with E-state index in [1.807, 2.05) is 7.05 Å². The maximum atomic E-state index is 11.9. The van der Waals surface area contributed by atoms with Crippen LogP contribution in [0.25, 0.3) is 0 Å². The Bertz CT molecular complexity index is 202. The molecule has 0 spiro atoms. The van der Waals surface area contributed by atoms with Crippen LogP contribution in [0.2, 0.25) is 0 Å². The predicted molar refractivity (Wildman–Crippen MR) is 69.4 cm³/mol. The Balaban J connectivity index is 4.04. The highest BCUT2D eigenvalue weighted by atomic mass is 16.1. The van der Waals surface area contributed by atoms with E-state index in [9.17, 15) is 4.79 Å². The number of carbonyl (C=O) groups excluding carboxylic acids is 1. The summed E-state index contributed by atoms with van der Waals surface area (Å²) < 4.78 is 0. The fourth-order valence-corrected chi connectivity index (χ4v) is 1.90. The summed E-state index contributed by atoms with van der Waals surface area (Å²) in [6.07, 6.45) is 3.20. The van der Waals surface area contributed by atoms with Crippen LogP contribution in [0, 0.1) is 11.3 Å². The second kappa shape index (κ2) is 7.66. The van der Waals surface area contributed by atoms with Gasteiger partial charge in [0.2, 0.25) is 5.91 Å². The van der Waals surface area contributed by atoms with Crippen molar-refractivity contribution in [3.8, 4) is 0 Å². The third-order valence-corrected chi connectivity index (χ3v) is 2.98. The third kappa shape index (κ3) is 6.11. The number of carbonyl (C=O) groups is 1. The summed E-state index contributed by atoms with van der Waals surface area (Å²) in [6, 6.07) is 0. The van der Waals surface area contributed by atoms with Crippen LogP contribution in [0.15, 0.2) is 0 Å². The van der Waals surface area contributed by atoms with Gasteiger partial charge in [0.05, 0.1) is 5.92 Å². The van der Waals surface area contributed by atoms with E-state index in [0.29, 0.717) is 0 Å². The largest absolute Gasteiger partial charge is 0.355 e. The van der Waals surface area contributed by atoms with Crippen LogP contribution in [0.3, 0.4) is 0 Å². The van der Waals surface area contributed by atoms with Crippen molar-refractivity contribution in [1.29, 1.82) is 0 Å². The summed E-state index contributed by atoms with van der Waals surface area (Å²) in [4.78, 5) is 11.9. The minimum absolute atomic E-state index is 0.0995. The maximum Gasteiger partial charge on any atom is 0.224 e. The van der Waals surface area contributed by atoms with Crippen LogP contribution in [0.4, 0.5) is 0 Å². The van der Waals surface area contributed by atoms with E-state index in [2.05, 4.69) is 38.3 Å². The second-order valence-corrected chi connectivity index (χ2v) is 5.29. The molecule has 3 heteroatoms. The average Bonchev–Trinajstić information content (AvgIpc) is 2.22. The first kappa shape index (κ1) is 15.4. The van der Waals surface area contributed by atoms with Crippen molar-refractivity contribution in [1.82, 2.24) is 10.6 Å². The highest BCUT2D eigenvalue weighted by Gasteiger charge is 2.20. The zero-order chi connectivity index (χ0) is 12.6. The van der Waals surface area contributed by atoms with E-state index in [0.717, 1.165) is 32.4 Å². The molecule has 0 aliphatic heterocycles. The minimum atomic E-state index is 0.0995. The molecule has 1 unspecified atom stereocenters. The first-order valence-corrected chi connectivity index (χ1v) is 6.39. The van der Waals surface area contributed by atoms with Crippen LogP contribution >= 0.6 is 0 Å². The number of hydrogen-bond acceptors (Lipinski definition) is 2. The Kier molecular flexibility index (Phi) is 7.39. The van der Waals surface area contributed by atoms with Gasteiger partial charge >= 0.3 is 0 Å². The van der Waals surface area contributed by atoms with E-state index < -0.39 is 0 Å². The minimum Gasteiger partial charge on any atom is -0.355 e. The lowest BCUT2D eigenvalue weighted by Crippen LogP contribution is -2.40.